The molecule has 3 aromatic heterocycles. The standard InChI is InChI=1S/C24H21ClN4O2/c1-3-29-24-19(15-27-29)22(17-12-13-26-20(25)14-17)18(10-11-21(30)31-4-2)23(28-24)16-8-6-5-7-9-16/h5-15H,3-4H2,1-2H3. The van der Waals surface area contributed by atoms with E-state index in [4.69, 9.17) is 21.3 Å². The molecule has 0 atom stereocenters. The van der Waals surface area contributed by atoms with Crippen LogP contribution in [0.15, 0.2) is 60.9 Å². The number of pyridine rings is 2. The zero-order valence-electron chi connectivity index (χ0n) is 17.2. The first kappa shape index (κ1) is 20.8. The molecule has 7 heteroatoms. The molecule has 0 saturated carbocycles. The third-order valence-electron chi connectivity index (χ3n) is 4.86. The summed E-state index contributed by atoms with van der Waals surface area (Å²) in [6.07, 6.45) is 6.64. The number of carbonyl (C=O) groups is 1. The Morgan fingerprint density at radius 1 is 1.16 bits per heavy atom. The zero-order valence-corrected chi connectivity index (χ0v) is 18.0. The maximum atomic E-state index is 12.1. The molecule has 3 heterocycles. The van der Waals surface area contributed by atoms with Gasteiger partial charge in [-0.1, -0.05) is 41.9 Å². The smallest absolute Gasteiger partial charge is 0.330 e. The Morgan fingerprint density at radius 2 is 1.97 bits per heavy atom. The maximum absolute atomic E-state index is 12.1. The number of ether oxygens (including phenoxy) is 1. The van der Waals surface area contributed by atoms with Crippen LogP contribution in [0.5, 0.6) is 0 Å². The fraction of sp³-hybridized carbons (Fsp3) is 0.167. The number of aromatic nitrogens is 4. The van der Waals surface area contributed by atoms with Crippen LogP contribution in [0.4, 0.5) is 0 Å². The second-order valence-electron chi connectivity index (χ2n) is 6.77. The van der Waals surface area contributed by atoms with Crippen LogP contribution < -0.4 is 0 Å². The average molecular weight is 433 g/mol. The molecule has 4 aromatic rings. The molecular formula is C24H21ClN4O2. The van der Waals surface area contributed by atoms with Gasteiger partial charge < -0.3 is 4.74 Å². The molecule has 4 rings (SSSR count). The Labute approximate surface area is 185 Å². The summed E-state index contributed by atoms with van der Waals surface area (Å²) in [5.74, 6) is -0.412. The van der Waals surface area contributed by atoms with Gasteiger partial charge in [-0.3, -0.25) is 0 Å². The van der Waals surface area contributed by atoms with E-state index in [1.54, 1.807) is 31.5 Å². The van der Waals surface area contributed by atoms with E-state index in [1.165, 1.54) is 6.08 Å². The van der Waals surface area contributed by atoms with Gasteiger partial charge in [0.25, 0.3) is 0 Å². The lowest BCUT2D eigenvalue weighted by molar-refractivity contribution is -0.137. The Hall–Kier alpha value is -3.51. The van der Waals surface area contributed by atoms with Gasteiger partial charge in [-0.05, 0) is 37.6 Å². The average Bonchev–Trinajstić information content (AvgIpc) is 3.20. The van der Waals surface area contributed by atoms with E-state index in [9.17, 15) is 4.79 Å². The maximum Gasteiger partial charge on any atom is 0.330 e. The first-order valence-corrected chi connectivity index (χ1v) is 10.4. The van der Waals surface area contributed by atoms with Crippen LogP contribution in [0.3, 0.4) is 0 Å². The SMILES string of the molecule is CCOC(=O)C=Cc1c(-c2ccccc2)nc2c(cnn2CC)c1-c1ccnc(Cl)c1. The molecule has 31 heavy (non-hydrogen) atoms. The van der Waals surface area contributed by atoms with Crippen LogP contribution in [0.1, 0.15) is 19.4 Å². The van der Waals surface area contributed by atoms with E-state index in [0.29, 0.717) is 18.3 Å². The fourth-order valence-corrected chi connectivity index (χ4v) is 3.70. The van der Waals surface area contributed by atoms with Gasteiger partial charge >= 0.3 is 5.97 Å². The van der Waals surface area contributed by atoms with Crippen molar-refractivity contribution < 1.29 is 9.53 Å². The summed E-state index contributed by atoms with van der Waals surface area (Å²) >= 11 is 6.22. The number of hydrogen-bond acceptors (Lipinski definition) is 5. The quantitative estimate of drug-likeness (QED) is 0.231. The summed E-state index contributed by atoms with van der Waals surface area (Å²) < 4.78 is 6.94. The van der Waals surface area contributed by atoms with Crippen molar-refractivity contribution in [3.8, 4) is 22.4 Å². The summed E-state index contributed by atoms with van der Waals surface area (Å²) in [4.78, 5) is 21.2. The number of esters is 1. The minimum Gasteiger partial charge on any atom is -0.463 e. The number of hydrogen-bond donors (Lipinski definition) is 0. The van der Waals surface area contributed by atoms with E-state index in [1.807, 2.05) is 48.0 Å². The van der Waals surface area contributed by atoms with Crippen LogP contribution in [-0.4, -0.2) is 32.3 Å². The van der Waals surface area contributed by atoms with Crippen LogP contribution >= 0.6 is 11.6 Å². The summed E-state index contributed by atoms with van der Waals surface area (Å²) in [6.45, 7) is 4.79. The molecule has 0 radical (unpaired) electrons. The Kier molecular flexibility index (Phi) is 6.09. The topological polar surface area (TPSA) is 69.9 Å². The number of carbonyl (C=O) groups excluding carboxylic acids is 1. The number of benzene rings is 1. The molecule has 0 spiro atoms. The highest BCUT2D eigenvalue weighted by Gasteiger charge is 2.19. The minimum absolute atomic E-state index is 0.308. The molecule has 0 N–H and O–H groups in total. The highest BCUT2D eigenvalue weighted by atomic mass is 35.5. The number of nitrogens with zero attached hydrogens (tertiary/aromatic N) is 4. The van der Waals surface area contributed by atoms with E-state index in [-0.39, 0.29) is 0 Å². The molecular weight excluding hydrogens is 412 g/mol. The molecule has 0 amide bonds. The van der Waals surface area contributed by atoms with Gasteiger partial charge in [0.1, 0.15) is 5.15 Å². The number of fused-ring (bicyclic) bond motifs is 1. The fourth-order valence-electron chi connectivity index (χ4n) is 3.52. The van der Waals surface area contributed by atoms with Crippen molar-refractivity contribution in [3.63, 3.8) is 0 Å². The van der Waals surface area contributed by atoms with Gasteiger partial charge in [0.15, 0.2) is 5.65 Å². The normalized spacial score (nSPS) is 11.3. The van der Waals surface area contributed by atoms with Crippen molar-refractivity contribution in [2.45, 2.75) is 20.4 Å². The second-order valence-corrected chi connectivity index (χ2v) is 7.15. The predicted molar refractivity (Wildman–Crippen MR) is 123 cm³/mol. The van der Waals surface area contributed by atoms with Gasteiger partial charge in [0.05, 0.1) is 18.5 Å². The van der Waals surface area contributed by atoms with E-state index >= 15 is 0 Å². The third-order valence-corrected chi connectivity index (χ3v) is 5.06. The molecule has 0 aliphatic carbocycles. The molecule has 0 saturated heterocycles. The van der Waals surface area contributed by atoms with Crippen molar-refractivity contribution in [3.05, 3.63) is 71.7 Å². The summed E-state index contributed by atoms with van der Waals surface area (Å²) in [6, 6.07) is 13.5. The number of aryl methyl sites for hydroxylation is 1. The summed E-state index contributed by atoms with van der Waals surface area (Å²) in [5.41, 5.74) is 4.96. The van der Waals surface area contributed by atoms with Crippen LogP contribution in [0, 0.1) is 0 Å². The Bertz CT molecular complexity index is 1270. The predicted octanol–water partition coefficient (Wildman–Crippen LogP) is 5.41. The number of rotatable bonds is 6. The first-order valence-electron chi connectivity index (χ1n) is 10.0. The Balaban J connectivity index is 2.08. The van der Waals surface area contributed by atoms with Crippen molar-refractivity contribution in [1.29, 1.82) is 0 Å². The van der Waals surface area contributed by atoms with Crippen LogP contribution in [0.2, 0.25) is 5.15 Å². The molecule has 1 aromatic carbocycles. The second kappa shape index (κ2) is 9.10. The van der Waals surface area contributed by atoms with E-state index < -0.39 is 5.97 Å². The summed E-state index contributed by atoms with van der Waals surface area (Å²) in [5, 5.41) is 5.76. The molecule has 0 fully saturated rings. The van der Waals surface area contributed by atoms with Crippen LogP contribution in [0.25, 0.3) is 39.5 Å². The number of halogens is 1. The van der Waals surface area contributed by atoms with Crippen LogP contribution in [-0.2, 0) is 16.1 Å². The largest absolute Gasteiger partial charge is 0.463 e. The first-order chi connectivity index (χ1) is 15.1. The molecule has 0 bridgehead atoms. The molecule has 0 aliphatic rings. The lowest BCUT2D eigenvalue weighted by Gasteiger charge is -2.14. The van der Waals surface area contributed by atoms with Crippen molar-refractivity contribution >= 4 is 34.7 Å². The monoisotopic (exact) mass is 432 g/mol. The lowest BCUT2D eigenvalue weighted by Crippen LogP contribution is -2.02. The zero-order chi connectivity index (χ0) is 21.8. The van der Waals surface area contributed by atoms with Crippen molar-refractivity contribution in [1.82, 2.24) is 19.7 Å². The van der Waals surface area contributed by atoms with Crippen molar-refractivity contribution in [2.75, 3.05) is 6.61 Å². The minimum atomic E-state index is -0.412. The van der Waals surface area contributed by atoms with E-state index in [0.717, 1.165) is 39.0 Å². The summed E-state index contributed by atoms with van der Waals surface area (Å²) in [7, 11) is 0. The molecule has 156 valence electrons. The highest BCUT2D eigenvalue weighted by Crippen LogP contribution is 2.38. The third kappa shape index (κ3) is 4.20. The van der Waals surface area contributed by atoms with Gasteiger partial charge in [-0.2, -0.15) is 5.10 Å². The Morgan fingerprint density at radius 3 is 2.68 bits per heavy atom. The highest BCUT2D eigenvalue weighted by molar-refractivity contribution is 6.29. The molecule has 0 unspecified atom stereocenters. The molecule has 6 nitrogen and oxygen atoms in total. The van der Waals surface area contributed by atoms with Gasteiger partial charge in [-0.15, -0.1) is 0 Å². The van der Waals surface area contributed by atoms with Gasteiger partial charge in [-0.25, -0.2) is 19.4 Å². The van der Waals surface area contributed by atoms with Gasteiger partial charge in [0.2, 0.25) is 0 Å². The van der Waals surface area contributed by atoms with Gasteiger partial charge in [0, 0.05) is 40.9 Å². The molecule has 0 aliphatic heterocycles. The lowest BCUT2D eigenvalue weighted by atomic mass is 9.94. The van der Waals surface area contributed by atoms with E-state index in [2.05, 4.69) is 10.1 Å². The van der Waals surface area contributed by atoms with Crippen molar-refractivity contribution in [2.24, 2.45) is 0 Å².